The van der Waals surface area contributed by atoms with Crippen molar-refractivity contribution in [3.8, 4) is 11.1 Å². The highest BCUT2D eigenvalue weighted by Gasteiger charge is 2.05. The number of carbonyl (C=O) groups is 1. The van der Waals surface area contributed by atoms with Crippen LogP contribution < -0.4 is 0 Å². The number of benzene rings is 2. The fourth-order valence-electron chi connectivity index (χ4n) is 2.28. The Labute approximate surface area is 155 Å². The molecule has 0 bridgehead atoms. The number of methoxy groups -OCH3 is 1. The van der Waals surface area contributed by atoms with Crippen molar-refractivity contribution in [3.63, 3.8) is 0 Å². The zero-order chi connectivity index (χ0) is 19.1. The lowest BCUT2D eigenvalue weighted by molar-refractivity contribution is 0.0601. The predicted octanol–water partition coefficient (Wildman–Crippen LogP) is 5.60. The Morgan fingerprint density at radius 1 is 0.923 bits per heavy atom. The van der Waals surface area contributed by atoms with Crippen molar-refractivity contribution < 1.29 is 9.53 Å². The topological polar surface area (TPSA) is 38.7 Å². The smallest absolute Gasteiger partial charge is 0.337 e. The molecule has 0 N–H and O–H groups in total. The summed E-state index contributed by atoms with van der Waals surface area (Å²) < 4.78 is 4.72. The van der Waals surface area contributed by atoms with Crippen molar-refractivity contribution in [1.82, 2.24) is 0 Å². The predicted molar refractivity (Wildman–Crippen MR) is 109 cm³/mol. The lowest BCUT2D eigenvalue weighted by Crippen LogP contribution is -2.00. The summed E-state index contributed by atoms with van der Waals surface area (Å²) in [7, 11) is 1.38. The van der Waals surface area contributed by atoms with E-state index in [9.17, 15) is 4.79 Å². The van der Waals surface area contributed by atoms with Gasteiger partial charge in [-0.25, -0.2) is 4.79 Å². The van der Waals surface area contributed by atoms with E-state index >= 15 is 0 Å². The molecule has 2 aromatic rings. The summed E-state index contributed by atoms with van der Waals surface area (Å²) in [6.45, 7) is 11.6. The second-order valence-electron chi connectivity index (χ2n) is 5.98. The number of carbonyl (C=O) groups excluding carboxylic acids is 1. The van der Waals surface area contributed by atoms with E-state index in [1.165, 1.54) is 7.11 Å². The van der Waals surface area contributed by atoms with E-state index in [1.54, 1.807) is 18.3 Å². The molecule has 2 rings (SSSR count). The highest BCUT2D eigenvalue weighted by Crippen LogP contribution is 2.21. The molecule has 0 saturated heterocycles. The molecule has 0 atom stereocenters. The van der Waals surface area contributed by atoms with Crippen molar-refractivity contribution in [2.75, 3.05) is 7.11 Å². The Hall–Kier alpha value is -3.20. The van der Waals surface area contributed by atoms with Gasteiger partial charge in [0.25, 0.3) is 0 Å². The van der Waals surface area contributed by atoms with E-state index in [0.717, 1.165) is 33.5 Å². The van der Waals surface area contributed by atoms with Gasteiger partial charge in [0.1, 0.15) is 0 Å². The summed E-state index contributed by atoms with van der Waals surface area (Å²) in [5.74, 6) is -0.332. The highest BCUT2D eigenvalue weighted by atomic mass is 16.5. The molecule has 0 radical (unpaired) electrons. The van der Waals surface area contributed by atoms with E-state index in [-0.39, 0.29) is 5.97 Å². The molecule has 0 unspecified atom stereocenters. The highest BCUT2D eigenvalue weighted by molar-refractivity contribution is 5.99. The van der Waals surface area contributed by atoms with Crippen molar-refractivity contribution in [2.24, 2.45) is 4.99 Å². The van der Waals surface area contributed by atoms with Gasteiger partial charge < -0.3 is 4.74 Å². The Morgan fingerprint density at radius 3 is 1.88 bits per heavy atom. The Kier molecular flexibility index (Phi) is 6.45. The first-order chi connectivity index (χ1) is 12.4. The molecule has 26 heavy (non-hydrogen) atoms. The molecule has 132 valence electrons. The molecular weight excluding hydrogens is 322 g/mol. The van der Waals surface area contributed by atoms with Gasteiger partial charge >= 0.3 is 5.97 Å². The summed E-state index contributed by atoms with van der Waals surface area (Å²) in [5.41, 5.74) is 6.41. The number of hydrogen-bond donors (Lipinski definition) is 0. The summed E-state index contributed by atoms with van der Waals surface area (Å²) in [4.78, 5) is 15.9. The van der Waals surface area contributed by atoms with Crippen LogP contribution in [-0.2, 0) is 4.74 Å². The van der Waals surface area contributed by atoms with Gasteiger partial charge in [0.15, 0.2) is 0 Å². The maximum Gasteiger partial charge on any atom is 0.337 e. The van der Waals surface area contributed by atoms with Crippen LogP contribution in [0.25, 0.3) is 11.1 Å². The van der Waals surface area contributed by atoms with Gasteiger partial charge in [0.2, 0.25) is 0 Å². The number of hydrogen-bond acceptors (Lipinski definition) is 3. The Morgan fingerprint density at radius 2 is 1.42 bits per heavy atom. The molecule has 0 aromatic heterocycles. The maximum atomic E-state index is 11.5. The van der Waals surface area contributed by atoms with Crippen LogP contribution in [0.1, 0.15) is 29.8 Å². The molecule has 2 aromatic carbocycles. The quantitative estimate of drug-likeness (QED) is 0.388. The molecule has 0 aliphatic rings. The number of esters is 1. The van der Waals surface area contributed by atoms with Crippen molar-refractivity contribution in [3.05, 3.63) is 96.2 Å². The fraction of sp³-hybridized carbons (Fsp3) is 0.130. The van der Waals surface area contributed by atoms with E-state index in [4.69, 9.17) is 4.74 Å². The van der Waals surface area contributed by atoms with Crippen LogP contribution in [0.4, 0.5) is 0 Å². The first kappa shape index (κ1) is 19.1. The summed E-state index contributed by atoms with van der Waals surface area (Å²) in [5, 5.41) is 0. The summed E-state index contributed by atoms with van der Waals surface area (Å²) in [6.07, 6.45) is 3.59. The average Bonchev–Trinajstić information content (AvgIpc) is 2.67. The van der Waals surface area contributed by atoms with E-state index in [0.29, 0.717) is 5.56 Å². The molecular formula is C23H23NO2. The number of allylic oxidation sites excluding steroid dienone is 3. The number of ether oxygens (including phenoxy) is 1. The third-order valence-corrected chi connectivity index (χ3v) is 4.03. The van der Waals surface area contributed by atoms with Crippen LogP contribution in [0, 0.1) is 0 Å². The van der Waals surface area contributed by atoms with Crippen LogP contribution in [0.3, 0.4) is 0 Å². The molecule has 0 aliphatic heterocycles. The zero-order valence-corrected chi connectivity index (χ0v) is 15.5. The lowest BCUT2D eigenvalue weighted by atomic mass is 10.0. The Balaban J connectivity index is 2.13. The van der Waals surface area contributed by atoms with Crippen LogP contribution >= 0.6 is 0 Å². The summed E-state index contributed by atoms with van der Waals surface area (Å²) >= 11 is 0. The minimum Gasteiger partial charge on any atom is -0.465 e. The van der Waals surface area contributed by atoms with E-state index in [1.807, 2.05) is 56.3 Å². The number of aliphatic imine (C=N–C) groups is 1. The largest absolute Gasteiger partial charge is 0.465 e. The zero-order valence-electron chi connectivity index (χ0n) is 15.5. The van der Waals surface area contributed by atoms with E-state index in [2.05, 4.69) is 18.2 Å². The molecule has 0 amide bonds. The lowest BCUT2D eigenvalue weighted by Gasteiger charge is -2.05. The van der Waals surface area contributed by atoms with Gasteiger partial charge in [-0.15, -0.1) is 0 Å². The molecule has 0 saturated carbocycles. The summed E-state index contributed by atoms with van der Waals surface area (Å²) in [6, 6.07) is 15.5. The van der Waals surface area contributed by atoms with Crippen LogP contribution in [0.15, 0.2) is 90.1 Å². The van der Waals surface area contributed by atoms with Gasteiger partial charge in [-0.1, -0.05) is 55.1 Å². The normalized spacial score (nSPS) is 11.4. The average molecular weight is 345 g/mol. The van der Waals surface area contributed by atoms with Crippen molar-refractivity contribution >= 4 is 11.7 Å². The third kappa shape index (κ3) is 4.90. The van der Waals surface area contributed by atoms with Crippen LogP contribution in [-0.4, -0.2) is 18.8 Å². The second-order valence-corrected chi connectivity index (χ2v) is 5.98. The first-order valence-electron chi connectivity index (χ1n) is 8.27. The van der Waals surface area contributed by atoms with Crippen molar-refractivity contribution in [1.29, 1.82) is 0 Å². The number of nitrogens with zero attached hydrogens (tertiary/aromatic N) is 1. The maximum absolute atomic E-state index is 11.5. The molecule has 3 heteroatoms. The standard InChI is InChI=1S/C23H23NO2/c1-16(2)17(3)14-15-24-18(4)19-6-8-20(9-7-19)21-10-12-22(13-11-21)23(25)26-5/h6-15H,1,3H2,2,4-5H3/b15-14-,24-18?. The van der Waals surface area contributed by atoms with Gasteiger partial charge in [0, 0.05) is 11.9 Å². The van der Waals surface area contributed by atoms with Crippen molar-refractivity contribution in [2.45, 2.75) is 13.8 Å². The molecule has 3 nitrogen and oxygen atoms in total. The van der Waals surface area contributed by atoms with E-state index < -0.39 is 0 Å². The first-order valence-corrected chi connectivity index (χ1v) is 8.27. The van der Waals surface area contributed by atoms with Gasteiger partial charge in [-0.05, 0) is 54.3 Å². The van der Waals surface area contributed by atoms with Gasteiger partial charge in [0.05, 0.1) is 12.7 Å². The molecule has 0 spiro atoms. The fourth-order valence-corrected chi connectivity index (χ4v) is 2.28. The monoisotopic (exact) mass is 345 g/mol. The van der Waals surface area contributed by atoms with Crippen LogP contribution in [0.2, 0.25) is 0 Å². The van der Waals surface area contributed by atoms with Gasteiger partial charge in [-0.2, -0.15) is 0 Å². The third-order valence-electron chi connectivity index (χ3n) is 4.03. The van der Waals surface area contributed by atoms with Crippen LogP contribution in [0.5, 0.6) is 0 Å². The second kappa shape index (κ2) is 8.77. The molecule has 0 aliphatic carbocycles. The molecule has 0 heterocycles. The Bertz CT molecular complexity index is 869. The molecule has 0 fully saturated rings. The SMILES string of the molecule is C=C(C)C(=C)/C=C\N=C(C)c1ccc(-c2ccc(C(=O)OC)cc2)cc1. The minimum atomic E-state index is -0.332. The van der Waals surface area contributed by atoms with Gasteiger partial charge in [-0.3, -0.25) is 4.99 Å². The number of rotatable bonds is 6. The minimum absolute atomic E-state index is 0.332.